The highest BCUT2D eigenvalue weighted by atomic mass is 19.1. The fraction of sp³-hybridized carbons (Fsp3) is 0.333. The summed E-state index contributed by atoms with van der Waals surface area (Å²) in [5.74, 6) is -0.714. The molecule has 17 heavy (non-hydrogen) atoms. The first-order valence-corrected chi connectivity index (χ1v) is 5.15. The average molecular weight is 237 g/mol. The molecule has 0 fully saturated rings. The van der Waals surface area contributed by atoms with Crippen LogP contribution in [0.3, 0.4) is 0 Å². The molecule has 1 aromatic carbocycles. The van der Waals surface area contributed by atoms with Gasteiger partial charge in [0.05, 0.1) is 25.2 Å². The summed E-state index contributed by atoms with van der Waals surface area (Å²) in [5, 5.41) is 8.53. The van der Waals surface area contributed by atoms with Crippen molar-refractivity contribution in [3.8, 4) is 11.8 Å². The summed E-state index contributed by atoms with van der Waals surface area (Å²) >= 11 is 0. The van der Waals surface area contributed by atoms with E-state index in [1.54, 1.807) is 13.0 Å². The van der Waals surface area contributed by atoms with E-state index in [2.05, 4.69) is 0 Å². The van der Waals surface area contributed by atoms with Crippen LogP contribution in [0.1, 0.15) is 18.9 Å². The van der Waals surface area contributed by atoms with Crippen LogP contribution in [-0.4, -0.2) is 19.2 Å². The molecule has 0 heterocycles. The van der Waals surface area contributed by atoms with E-state index in [-0.39, 0.29) is 30.3 Å². The number of ether oxygens (including phenoxy) is 2. The Kier molecular flexibility index (Phi) is 4.95. The lowest BCUT2D eigenvalue weighted by molar-refractivity contribution is -0.143. The highest BCUT2D eigenvalue weighted by Crippen LogP contribution is 2.16. The molecule has 0 aliphatic heterocycles. The Morgan fingerprint density at radius 3 is 2.88 bits per heavy atom. The normalized spacial score (nSPS) is 9.47. The van der Waals surface area contributed by atoms with Crippen molar-refractivity contribution >= 4 is 5.97 Å². The third-order valence-electron chi connectivity index (χ3n) is 1.94. The molecule has 0 spiro atoms. The standard InChI is InChI=1S/C12H12FNO3/c1-2-16-12(15)5-6-17-10-4-3-9(8-14)11(13)7-10/h3-4,7H,2,5-6H2,1H3. The number of hydrogen-bond acceptors (Lipinski definition) is 4. The summed E-state index contributed by atoms with van der Waals surface area (Å²) in [6.45, 7) is 2.16. The van der Waals surface area contributed by atoms with E-state index < -0.39 is 5.82 Å². The molecule has 0 amide bonds. The molecule has 1 aromatic rings. The molecule has 0 aliphatic rings. The van der Waals surface area contributed by atoms with Crippen LogP contribution < -0.4 is 4.74 Å². The minimum absolute atomic E-state index is 0.0391. The topological polar surface area (TPSA) is 59.3 Å². The molecule has 0 saturated heterocycles. The van der Waals surface area contributed by atoms with Crippen molar-refractivity contribution in [1.82, 2.24) is 0 Å². The van der Waals surface area contributed by atoms with Crippen LogP contribution in [0.15, 0.2) is 18.2 Å². The molecule has 0 atom stereocenters. The fourth-order valence-corrected chi connectivity index (χ4v) is 1.16. The summed E-state index contributed by atoms with van der Waals surface area (Å²) < 4.78 is 23.0. The zero-order valence-electron chi connectivity index (χ0n) is 9.40. The molecule has 1 rings (SSSR count). The monoisotopic (exact) mass is 237 g/mol. The molecular weight excluding hydrogens is 225 g/mol. The first-order chi connectivity index (χ1) is 8.17. The molecule has 0 N–H and O–H groups in total. The van der Waals surface area contributed by atoms with Crippen LogP contribution >= 0.6 is 0 Å². The molecule has 0 unspecified atom stereocenters. The van der Waals surface area contributed by atoms with Gasteiger partial charge >= 0.3 is 5.97 Å². The highest BCUT2D eigenvalue weighted by Gasteiger charge is 2.05. The predicted octanol–water partition coefficient (Wildman–Crippen LogP) is 2.03. The van der Waals surface area contributed by atoms with Gasteiger partial charge in [-0.1, -0.05) is 0 Å². The Morgan fingerprint density at radius 1 is 1.53 bits per heavy atom. The van der Waals surface area contributed by atoms with Crippen LogP contribution in [0.5, 0.6) is 5.75 Å². The average Bonchev–Trinajstić information content (AvgIpc) is 2.29. The van der Waals surface area contributed by atoms with Gasteiger partial charge in [0.2, 0.25) is 0 Å². The highest BCUT2D eigenvalue weighted by molar-refractivity contribution is 5.69. The van der Waals surface area contributed by atoms with Crippen LogP contribution in [0.25, 0.3) is 0 Å². The fourth-order valence-electron chi connectivity index (χ4n) is 1.16. The minimum atomic E-state index is -0.638. The van der Waals surface area contributed by atoms with Gasteiger partial charge in [-0.2, -0.15) is 5.26 Å². The van der Waals surface area contributed by atoms with Gasteiger partial charge in [-0.25, -0.2) is 4.39 Å². The molecular formula is C12H12FNO3. The van der Waals surface area contributed by atoms with Crippen molar-refractivity contribution in [3.63, 3.8) is 0 Å². The third kappa shape index (κ3) is 4.11. The minimum Gasteiger partial charge on any atom is -0.493 e. The van der Waals surface area contributed by atoms with Gasteiger partial charge in [0.15, 0.2) is 0 Å². The maximum atomic E-state index is 13.2. The van der Waals surface area contributed by atoms with Crippen molar-refractivity contribution < 1.29 is 18.7 Å². The van der Waals surface area contributed by atoms with Crippen molar-refractivity contribution in [2.75, 3.05) is 13.2 Å². The van der Waals surface area contributed by atoms with E-state index in [1.807, 2.05) is 0 Å². The third-order valence-corrected chi connectivity index (χ3v) is 1.94. The Morgan fingerprint density at radius 2 is 2.29 bits per heavy atom. The number of hydrogen-bond donors (Lipinski definition) is 0. The van der Waals surface area contributed by atoms with E-state index in [9.17, 15) is 9.18 Å². The summed E-state index contributed by atoms with van der Waals surface area (Å²) in [4.78, 5) is 11.0. The maximum Gasteiger partial charge on any atom is 0.309 e. The van der Waals surface area contributed by atoms with Gasteiger partial charge in [0, 0.05) is 6.07 Å². The molecule has 0 aliphatic carbocycles. The number of esters is 1. The molecule has 5 heteroatoms. The van der Waals surface area contributed by atoms with E-state index in [4.69, 9.17) is 14.7 Å². The van der Waals surface area contributed by atoms with Gasteiger partial charge in [0.25, 0.3) is 0 Å². The van der Waals surface area contributed by atoms with Crippen molar-refractivity contribution in [3.05, 3.63) is 29.6 Å². The molecule has 4 nitrogen and oxygen atoms in total. The lowest BCUT2D eigenvalue weighted by atomic mass is 10.2. The molecule has 0 bridgehead atoms. The Bertz CT molecular complexity index is 440. The number of rotatable bonds is 5. The Balaban J connectivity index is 2.45. The van der Waals surface area contributed by atoms with Crippen LogP contribution in [0.2, 0.25) is 0 Å². The number of carbonyl (C=O) groups is 1. The SMILES string of the molecule is CCOC(=O)CCOc1ccc(C#N)c(F)c1. The zero-order chi connectivity index (χ0) is 12.7. The summed E-state index contributed by atoms with van der Waals surface area (Å²) in [6, 6.07) is 5.63. The van der Waals surface area contributed by atoms with Crippen molar-refractivity contribution in [2.24, 2.45) is 0 Å². The van der Waals surface area contributed by atoms with Crippen molar-refractivity contribution in [2.45, 2.75) is 13.3 Å². The van der Waals surface area contributed by atoms with Gasteiger partial charge in [0.1, 0.15) is 17.6 Å². The Hall–Kier alpha value is -2.09. The second-order valence-corrected chi connectivity index (χ2v) is 3.16. The lowest BCUT2D eigenvalue weighted by Crippen LogP contribution is -2.09. The zero-order valence-corrected chi connectivity index (χ0v) is 9.40. The van der Waals surface area contributed by atoms with Crippen LogP contribution in [0, 0.1) is 17.1 Å². The van der Waals surface area contributed by atoms with Gasteiger partial charge in [-0.15, -0.1) is 0 Å². The number of nitriles is 1. The second kappa shape index (κ2) is 6.48. The molecule has 0 aromatic heterocycles. The number of nitrogens with zero attached hydrogens (tertiary/aromatic N) is 1. The van der Waals surface area contributed by atoms with E-state index in [1.165, 1.54) is 12.1 Å². The van der Waals surface area contributed by atoms with Gasteiger partial charge in [-0.05, 0) is 19.1 Å². The number of halogens is 1. The first kappa shape index (κ1) is 13.0. The maximum absolute atomic E-state index is 13.2. The van der Waals surface area contributed by atoms with Crippen LogP contribution in [-0.2, 0) is 9.53 Å². The van der Waals surface area contributed by atoms with Gasteiger partial charge < -0.3 is 9.47 Å². The van der Waals surface area contributed by atoms with E-state index in [0.717, 1.165) is 6.07 Å². The number of carbonyl (C=O) groups excluding carboxylic acids is 1. The van der Waals surface area contributed by atoms with Crippen LogP contribution in [0.4, 0.5) is 4.39 Å². The quantitative estimate of drug-likeness (QED) is 0.735. The van der Waals surface area contributed by atoms with E-state index >= 15 is 0 Å². The van der Waals surface area contributed by atoms with E-state index in [0.29, 0.717) is 6.61 Å². The summed E-state index contributed by atoms with van der Waals surface area (Å²) in [6.07, 6.45) is 0.107. The largest absolute Gasteiger partial charge is 0.493 e. The second-order valence-electron chi connectivity index (χ2n) is 3.16. The predicted molar refractivity (Wildman–Crippen MR) is 57.9 cm³/mol. The summed E-state index contributed by atoms with van der Waals surface area (Å²) in [7, 11) is 0. The molecule has 0 saturated carbocycles. The Labute approximate surface area is 98.6 Å². The lowest BCUT2D eigenvalue weighted by Gasteiger charge is -2.06. The number of benzene rings is 1. The molecule has 0 radical (unpaired) electrons. The molecule has 90 valence electrons. The summed E-state index contributed by atoms with van der Waals surface area (Å²) in [5.41, 5.74) is -0.0391. The van der Waals surface area contributed by atoms with Crippen molar-refractivity contribution in [1.29, 1.82) is 5.26 Å². The smallest absolute Gasteiger partial charge is 0.309 e. The van der Waals surface area contributed by atoms with Gasteiger partial charge in [-0.3, -0.25) is 4.79 Å². The first-order valence-electron chi connectivity index (χ1n) is 5.15.